The molecule has 0 fully saturated rings. The third-order valence-corrected chi connectivity index (χ3v) is 5.43. The van der Waals surface area contributed by atoms with Crippen molar-refractivity contribution < 1.29 is 4.79 Å². The van der Waals surface area contributed by atoms with E-state index in [9.17, 15) is 9.59 Å². The molecule has 0 aliphatic rings. The molecule has 32 heavy (non-hydrogen) atoms. The average molecular weight is 455 g/mol. The lowest BCUT2D eigenvalue weighted by Gasteiger charge is -2.33. The summed E-state index contributed by atoms with van der Waals surface area (Å²) >= 11 is 6.19. The number of aromatic nitrogens is 2. The number of carbonyl (C=O) groups is 1. The van der Waals surface area contributed by atoms with Crippen molar-refractivity contribution in [3.05, 3.63) is 69.2 Å². The van der Waals surface area contributed by atoms with Crippen molar-refractivity contribution in [2.75, 3.05) is 6.54 Å². The fourth-order valence-corrected chi connectivity index (χ4v) is 3.81. The molecule has 0 saturated carbocycles. The van der Waals surface area contributed by atoms with Crippen molar-refractivity contribution in [1.29, 1.82) is 0 Å². The van der Waals surface area contributed by atoms with E-state index >= 15 is 0 Å². The van der Waals surface area contributed by atoms with Crippen molar-refractivity contribution in [2.24, 2.45) is 0 Å². The first-order valence-corrected chi connectivity index (χ1v) is 11.3. The number of amides is 2. The predicted octanol–water partition coefficient (Wildman–Crippen LogP) is 5.63. The molecule has 1 atom stereocenters. The summed E-state index contributed by atoms with van der Waals surface area (Å²) in [4.78, 5) is 33.3. The molecule has 1 unspecified atom stereocenters. The van der Waals surface area contributed by atoms with Crippen molar-refractivity contribution in [3.8, 4) is 5.69 Å². The molecule has 0 bridgehead atoms. The second-order valence-corrected chi connectivity index (χ2v) is 9.59. The minimum Gasteiger partial charge on any atom is -0.333 e. The molecule has 0 saturated heterocycles. The number of halogens is 1. The van der Waals surface area contributed by atoms with Crippen molar-refractivity contribution in [3.63, 3.8) is 0 Å². The Morgan fingerprint density at radius 1 is 1.19 bits per heavy atom. The van der Waals surface area contributed by atoms with E-state index in [-0.39, 0.29) is 17.1 Å². The molecule has 3 rings (SSSR count). The largest absolute Gasteiger partial charge is 0.333 e. The maximum atomic E-state index is 13.6. The zero-order valence-corrected chi connectivity index (χ0v) is 20.3. The number of benzene rings is 2. The van der Waals surface area contributed by atoms with Gasteiger partial charge in [-0.25, -0.2) is 9.78 Å². The van der Waals surface area contributed by atoms with E-state index in [4.69, 9.17) is 16.6 Å². The van der Waals surface area contributed by atoms with Crippen LogP contribution in [0.4, 0.5) is 4.79 Å². The van der Waals surface area contributed by atoms with Crippen LogP contribution in [0.25, 0.3) is 16.6 Å². The van der Waals surface area contributed by atoms with Crippen LogP contribution in [0.3, 0.4) is 0 Å². The lowest BCUT2D eigenvalue weighted by Crippen LogP contribution is -2.50. The van der Waals surface area contributed by atoms with E-state index < -0.39 is 6.04 Å². The fourth-order valence-electron chi connectivity index (χ4n) is 3.64. The lowest BCUT2D eigenvalue weighted by atomic mass is 10.1. The van der Waals surface area contributed by atoms with Gasteiger partial charge in [0.2, 0.25) is 0 Å². The van der Waals surface area contributed by atoms with Crippen LogP contribution >= 0.6 is 11.6 Å². The van der Waals surface area contributed by atoms with Gasteiger partial charge < -0.3 is 10.2 Å². The van der Waals surface area contributed by atoms with Gasteiger partial charge in [0.25, 0.3) is 5.56 Å². The number of hydrogen-bond acceptors (Lipinski definition) is 3. The maximum absolute atomic E-state index is 13.6. The molecule has 2 aromatic carbocycles. The van der Waals surface area contributed by atoms with E-state index in [1.165, 1.54) is 0 Å². The van der Waals surface area contributed by atoms with Crippen LogP contribution < -0.4 is 10.9 Å². The van der Waals surface area contributed by atoms with Crippen LogP contribution in [-0.2, 0) is 0 Å². The number of urea groups is 1. The molecule has 1 N–H and O–H groups in total. The summed E-state index contributed by atoms with van der Waals surface area (Å²) in [6.45, 7) is 12.3. The van der Waals surface area contributed by atoms with Gasteiger partial charge in [0.15, 0.2) is 0 Å². The lowest BCUT2D eigenvalue weighted by molar-refractivity contribution is 0.167. The molecule has 1 heterocycles. The van der Waals surface area contributed by atoms with E-state index in [0.717, 1.165) is 12.0 Å². The summed E-state index contributed by atoms with van der Waals surface area (Å²) in [7, 11) is 0. The molecule has 3 aromatic rings. The quantitative estimate of drug-likeness (QED) is 0.543. The predicted molar refractivity (Wildman–Crippen MR) is 131 cm³/mol. The van der Waals surface area contributed by atoms with Crippen LogP contribution in [0.2, 0.25) is 5.02 Å². The number of rotatable bonds is 5. The third-order valence-electron chi connectivity index (χ3n) is 5.20. The number of nitrogens with one attached hydrogen (secondary N) is 1. The minimum absolute atomic E-state index is 0.190. The molecule has 0 spiro atoms. The highest BCUT2D eigenvalue weighted by Gasteiger charge is 2.28. The van der Waals surface area contributed by atoms with Crippen molar-refractivity contribution in [2.45, 2.75) is 59.5 Å². The first-order chi connectivity index (χ1) is 15.0. The molecular formula is C25H31ClN4O2. The SMILES string of the molecule is CCCN(C(=O)NC(C)(C)C)C(C)c1nc2cc(Cl)ccc2c(=O)n1-c1ccc(C)cc1. The van der Waals surface area contributed by atoms with Crippen LogP contribution in [-0.4, -0.2) is 32.6 Å². The molecule has 2 amide bonds. The summed E-state index contributed by atoms with van der Waals surface area (Å²) in [5.74, 6) is 0.492. The van der Waals surface area contributed by atoms with Gasteiger partial charge in [-0.3, -0.25) is 9.36 Å². The first-order valence-electron chi connectivity index (χ1n) is 10.9. The van der Waals surface area contributed by atoms with Crippen LogP contribution in [0.15, 0.2) is 47.3 Å². The first kappa shape index (κ1) is 23.8. The second kappa shape index (κ2) is 9.33. The number of hydrogen-bond donors (Lipinski definition) is 1. The van der Waals surface area contributed by atoms with Gasteiger partial charge in [0.05, 0.1) is 22.6 Å². The number of aryl methyl sites for hydroxylation is 1. The van der Waals surface area contributed by atoms with E-state index in [2.05, 4.69) is 5.32 Å². The van der Waals surface area contributed by atoms with Crippen LogP contribution in [0, 0.1) is 6.92 Å². The molecular weight excluding hydrogens is 424 g/mol. The molecule has 7 heteroatoms. The number of nitrogens with zero attached hydrogens (tertiary/aromatic N) is 3. The Hall–Kier alpha value is -2.86. The van der Waals surface area contributed by atoms with Gasteiger partial charge in [-0.15, -0.1) is 0 Å². The maximum Gasteiger partial charge on any atom is 0.318 e. The van der Waals surface area contributed by atoms with Gasteiger partial charge in [-0.2, -0.15) is 0 Å². The van der Waals surface area contributed by atoms with Crippen LogP contribution in [0.5, 0.6) is 0 Å². The Bertz CT molecular complexity index is 1180. The molecule has 6 nitrogen and oxygen atoms in total. The highest BCUT2D eigenvalue weighted by atomic mass is 35.5. The zero-order valence-electron chi connectivity index (χ0n) is 19.6. The second-order valence-electron chi connectivity index (χ2n) is 9.16. The summed E-state index contributed by atoms with van der Waals surface area (Å²) in [6, 6.07) is 12.1. The van der Waals surface area contributed by atoms with Crippen molar-refractivity contribution in [1.82, 2.24) is 19.8 Å². The van der Waals surface area contributed by atoms with E-state index in [1.807, 2.05) is 65.8 Å². The van der Waals surface area contributed by atoms with Crippen molar-refractivity contribution >= 4 is 28.5 Å². The molecule has 170 valence electrons. The van der Waals surface area contributed by atoms with E-state index in [0.29, 0.717) is 34.0 Å². The highest BCUT2D eigenvalue weighted by Crippen LogP contribution is 2.25. The smallest absolute Gasteiger partial charge is 0.318 e. The average Bonchev–Trinajstić information content (AvgIpc) is 2.70. The summed E-state index contributed by atoms with van der Waals surface area (Å²) < 4.78 is 1.60. The van der Waals surface area contributed by atoms with Gasteiger partial charge in [-0.1, -0.05) is 36.2 Å². The van der Waals surface area contributed by atoms with Gasteiger partial charge in [0, 0.05) is 17.1 Å². The minimum atomic E-state index is -0.449. The zero-order chi connectivity index (χ0) is 23.6. The van der Waals surface area contributed by atoms with Gasteiger partial charge in [-0.05, 0) is 71.4 Å². The third kappa shape index (κ3) is 5.13. The number of carbonyl (C=O) groups excluding carboxylic acids is 1. The molecule has 0 radical (unpaired) electrons. The summed E-state index contributed by atoms with van der Waals surface area (Å²) in [6.07, 6.45) is 0.774. The Labute approximate surface area is 194 Å². The van der Waals surface area contributed by atoms with Gasteiger partial charge in [0.1, 0.15) is 5.82 Å². The standard InChI is InChI=1S/C25H31ClN4O2/c1-7-14-29(24(32)28-25(4,5)6)17(3)22-27-21-15-18(26)10-13-20(21)23(31)30(22)19-11-8-16(2)9-12-19/h8-13,15,17H,7,14H2,1-6H3,(H,28,32). The van der Waals surface area contributed by atoms with Crippen LogP contribution in [0.1, 0.15) is 58.5 Å². The van der Waals surface area contributed by atoms with Gasteiger partial charge >= 0.3 is 6.03 Å². The summed E-state index contributed by atoms with van der Waals surface area (Å²) in [5.41, 5.74) is 1.74. The molecule has 1 aromatic heterocycles. The van der Waals surface area contributed by atoms with E-state index in [1.54, 1.807) is 27.7 Å². The monoisotopic (exact) mass is 454 g/mol. The Morgan fingerprint density at radius 3 is 2.44 bits per heavy atom. The highest BCUT2D eigenvalue weighted by molar-refractivity contribution is 6.31. The Balaban J connectivity index is 2.24. The molecule has 0 aliphatic heterocycles. The molecule has 0 aliphatic carbocycles. The normalized spacial score (nSPS) is 12.6. The summed E-state index contributed by atoms with van der Waals surface area (Å²) in [5, 5.41) is 4.02. The number of fused-ring (bicyclic) bond motifs is 1. The Kier molecular flexibility index (Phi) is 6.94. The topological polar surface area (TPSA) is 67.2 Å². The Morgan fingerprint density at radius 2 is 1.84 bits per heavy atom. The fraction of sp³-hybridized carbons (Fsp3) is 0.400.